The Morgan fingerprint density at radius 1 is 1.03 bits per heavy atom. The number of hydrogen-bond donors (Lipinski definition) is 1. The Labute approximate surface area is 192 Å². The molecule has 1 atom stereocenters. The number of likely N-dealkylation sites (tertiary alicyclic amines) is 1. The largest absolute Gasteiger partial charge is 0.385 e. The molecule has 0 bridgehead atoms. The van der Waals surface area contributed by atoms with E-state index >= 15 is 0 Å². The van der Waals surface area contributed by atoms with Gasteiger partial charge in [-0.1, -0.05) is 32.1 Å². The highest BCUT2D eigenvalue weighted by atomic mass is 16.5. The van der Waals surface area contributed by atoms with E-state index in [4.69, 9.17) is 4.74 Å². The highest BCUT2D eigenvalue weighted by Gasteiger charge is 2.37. The summed E-state index contributed by atoms with van der Waals surface area (Å²) in [6, 6.07) is 0.225. The maximum absolute atomic E-state index is 13.5. The lowest BCUT2D eigenvalue weighted by Crippen LogP contribution is -2.46. The molecular formula is C25H41N3O4. The van der Waals surface area contributed by atoms with Crippen LogP contribution in [0.2, 0.25) is 0 Å². The molecule has 0 aromatic carbocycles. The topological polar surface area (TPSA) is 79.0 Å². The minimum atomic E-state index is -0.476. The third-order valence-corrected chi connectivity index (χ3v) is 7.19. The molecule has 0 radical (unpaired) electrons. The summed E-state index contributed by atoms with van der Waals surface area (Å²) in [6.07, 6.45) is 11.2. The molecule has 7 nitrogen and oxygen atoms in total. The molecule has 0 spiro atoms. The summed E-state index contributed by atoms with van der Waals surface area (Å²) in [7, 11) is 1.65. The van der Waals surface area contributed by atoms with Crippen LogP contribution in [0.4, 0.5) is 0 Å². The van der Waals surface area contributed by atoms with Gasteiger partial charge in [0.05, 0.1) is 5.92 Å². The van der Waals surface area contributed by atoms with Crippen molar-refractivity contribution in [2.24, 2.45) is 5.92 Å². The van der Waals surface area contributed by atoms with Gasteiger partial charge in [0.25, 0.3) is 5.91 Å². The number of amides is 3. The molecule has 7 heteroatoms. The molecule has 2 fully saturated rings. The van der Waals surface area contributed by atoms with Gasteiger partial charge < -0.3 is 19.9 Å². The van der Waals surface area contributed by atoms with Crippen LogP contribution in [0.25, 0.3) is 0 Å². The van der Waals surface area contributed by atoms with E-state index in [2.05, 4.69) is 5.32 Å². The number of ether oxygens (including phenoxy) is 1. The van der Waals surface area contributed by atoms with Crippen molar-refractivity contribution < 1.29 is 19.1 Å². The molecule has 0 aromatic heterocycles. The van der Waals surface area contributed by atoms with Crippen LogP contribution < -0.4 is 5.32 Å². The van der Waals surface area contributed by atoms with E-state index in [1.165, 1.54) is 6.42 Å². The van der Waals surface area contributed by atoms with Gasteiger partial charge in [-0.3, -0.25) is 14.4 Å². The summed E-state index contributed by atoms with van der Waals surface area (Å²) in [5.74, 6) is -0.528. The quantitative estimate of drug-likeness (QED) is 0.579. The molecule has 1 N–H and O–H groups in total. The fraction of sp³-hybridized carbons (Fsp3) is 0.800. The second-order valence-corrected chi connectivity index (χ2v) is 9.61. The molecule has 1 unspecified atom stereocenters. The predicted octanol–water partition coefficient (Wildman–Crippen LogP) is 3.39. The average molecular weight is 448 g/mol. The number of carbonyl (C=O) groups excluding carboxylic acids is 3. The van der Waals surface area contributed by atoms with Gasteiger partial charge >= 0.3 is 0 Å². The van der Waals surface area contributed by atoms with E-state index < -0.39 is 5.92 Å². The Balaban J connectivity index is 1.73. The van der Waals surface area contributed by atoms with Crippen molar-refractivity contribution in [2.75, 3.05) is 33.4 Å². The van der Waals surface area contributed by atoms with Gasteiger partial charge in [0.2, 0.25) is 11.8 Å². The lowest BCUT2D eigenvalue weighted by molar-refractivity contribution is -0.139. The molecule has 3 amide bonds. The highest BCUT2D eigenvalue weighted by molar-refractivity contribution is 5.98. The lowest BCUT2D eigenvalue weighted by atomic mass is 9.87. The molecule has 1 saturated carbocycles. The molecular weight excluding hydrogens is 406 g/mol. The van der Waals surface area contributed by atoms with E-state index in [1.54, 1.807) is 12.0 Å². The Bertz CT molecular complexity index is 691. The van der Waals surface area contributed by atoms with Crippen molar-refractivity contribution in [2.45, 2.75) is 90.0 Å². The van der Waals surface area contributed by atoms with Gasteiger partial charge in [0.1, 0.15) is 0 Å². The van der Waals surface area contributed by atoms with Crippen LogP contribution in [0.3, 0.4) is 0 Å². The summed E-state index contributed by atoms with van der Waals surface area (Å²) in [5, 5.41) is 3.14. The average Bonchev–Trinajstić information content (AvgIpc) is 3.08. The molecule has 3 rings (SSSR count). The first-order chi connectivity index (χ1) is 15.5. The van der Waals surface area contributed by atoms with Crippen LogP contribution >= 0.6 is 0 Å². The lowest BCUT2D eigenvalue weighted by Gasteiger charge is -2.36. The van der Waals surface area contributed by atoms with Crippen molar-refractivity contribution in [1.82, 2.24) is 15.1 Å². The number of nitrogens with zero attached hydrogens (tertiary/aromatic N) is 2. The maximum atomic E-state index is 13.5. The van der Waals surface area contributed by atoms with Gasteiger partial charge in [0.15, 0.2) is 0 Å². The zero-order chi connectivity index (χ0) is 22.9. The maximum Gasteiger partial charge on any atom is 0.251 e. The standard InChI is InChI=1S/C25H41N3O4/c1-19-22(25(31)27-13-8-3-4-9-14-27)17-20(24(30)28(19)15-10-16-32-2)18-23(29)26-21-11-6-5-7-12-21/h20-21H,3-18H2,1-2H3,(H,26,29). The van der Waals surface area contributed by atoms with Crippen molar-refractivity contribution >= 4 is 17.7 Å². The van der Waals surface area contributed by atoms with Gasteiger partial charge in [0, 0.05) is 57.1 Å². The first-order valence-electron chi connectivity index (χ1n) is 12.6. The first kappa shape index (κ1) is 24.7. The first-order valence-corrected chi connectivity index (χ1v) is 12.6. The van der Waals surface area contributed by atoms with E-state index in [0.29, 0.717) is 31.6 Å². The summed E-state index contributed by atoms with van der Waals surface area (Å²) in [5.41, 5.74) is 1.46. The number of nitrogens with one attached hydrogen (secondary N) is 1. The Kier molecular flexibility index (Phi) is 9.57. The number of carbonyl (C=O) groups is 3. The third kappa shape index (κ3) is 6.56. The van der Waals surface area contributed by atoms with Crippen molar-refractivity contribution in [3.63, 3.8) is 0 Å². The van der Waals surface area contributed by atoms with Gasteiger partial charge in [-0.15, -0.1) is 0 Å². The smallest absolute Gasteiger partial charge is 0.251 e. The third-order valence-electron chi connectivity index (χ3n) is 7.19. The molecule has 2 heterocycles. The summed E-state index contributed by atoms with van der Waals surface area (Å²) >= 11 is 0. The van der Waals surface area contributed by atoms with Crippen molar-refractivity contribution in [3.8, 4) is 0 Å². The fourth-order valence-corrected chi connectivity index (χ4v) is 5.30. The van der Waals surface area contributed by atoms with Gasteiger partial charge in [-0.25, -0.2) is 0 Å². The fourth-order valence-electron chi connectivity index (χ4n) is 5.30. The van der Waals surface area contributed by atoms with Crippen molar-refractivity contribution in [3.05, 3.63) is 11.3 Å². The minimum Gasteiger partial charge on any atom is -0.385 e. The van der Waals surface area contributed by atoms with Crippen LogP contribution in [0.1, 0.15) is 84.0 Å². The molecule has 1 aliphatic carbocycles. The Morgan fingerprint density at radius 2 is 1.69 bits per heavy atom. The number of rotatable bonds is 8. The molecule has 2 aliphatic heterocycles. The van der Waals surface area contributed by atoms with E-state index in [-0.39, 0.29) is 30.2 Å². The molecule has 1 saturated heterocycles. The van der Waals surface area contributed by atoms with Crippen LogP contribution in [-0.2, 0) is 19.1 Å². The number of allylic oxidation sites excluding steroid dienone is 1. The number of hydrogen-bond acceptors (Lipinski definition) is 4. The number of methoxy groups -OCH3 is 1. The Morgan fingerprint density at radius 3 is 2.34 bits per heavy atom. The van der Waals surface area contributed by atoms with Gasteiger partial charge in [-0.2, -0.15) is 0 Å². The summed E-state index contributed by atoms with van der Waals surface area (Å²) in [4.78, 5) is 43.2. The Hall–Kier alpha value is -1.89. The SMILES string of the molecule is COCCCN1C(=O)C(CC(=O)NC2CCCCC2)CC(C(=O)N2CCCCCC2)=C1C. The monoisotopic (exact) mass is 447 g/mol. The normalized spacial score (nSPS) is 23.3. The van der Waals surface area contributed by atoms with Crippen LogP contribution in [0.15, 0.2) is 11.3 Å². The van der Waals surface area contributed by atoms with E-state index in [1.807, 2.05) is 11.8 Å². The predicted molar refractivity (Wildman–Crippen MR) is 124 cm³/mol. The summed E-state index contributed by atoms with van der Waals surface area (Å²) in [6.45, 7) is 4.50. The highest BCUT2D eigenvalue weighted by Crippen LogP contribution is 2.32. The zero-order valence-corrected chi connectivity index (χ0v) is 20.0. The minimum absolute atomic E-state index is 0.0372. The van der Waals surface area contributed by atoms with Crippen LogP contribution in [0, 0.1) is 5.92 Å². The van der Waals surface area contributed by atoms with Crippen molar-refractivity contribution in [1.29, 1.82) is 0 Å². The van der Waals surface area contributed by atoms with Gasteiger partial charge in [-0.05, 0) is 45.4 Å². The second-order valence-electron chi connectivity index (χ2n) is 9.61. The summed E-state index contributed by atoms with van der Waals surface area (Å²) < 4.78 is 5.17. The molecule has 180 valence electrons. The molecule has 0 aromatic rings. The van der Waals surface area contributed by atoms with Crippen LogP contribution in [0.5, 0.6) is 0 Å². The zero-order valence-electron chi connectivity index (χ0n) is 20.0. The van der Waals surface area contributed by atoms with Crippen LogP contribution in [-0.4, -0.2) is 66.9 Å². The van der Waals surface area contributed by atoms with E-state index in [9.17, 15) is 14.4 Å². The van der Waals surface area contributed by atoms with E-state index in [0.717, 1.165) is 70.2 Å². The molecule has 3 aliphatic rings. The molecule has 32 heavy (non-hydrogen) atoms. The second kappa shape index (κ2) is 12.4.